The van der Waals surface area contributed by atoms with Crippen molar-refractivity contribution in [2.24, 2.45) is 0 Å². The van der Waals surface area contributed by atoms with E-state index in [1.54, 1.807) is 0 Å². The van der Waals surface area contributed by atoms with E-state index >= 15 is 0 Å². The molecule has 88 valence electrons. The molecule has 0 atom stereocenters. The Morgan fingerprint density at radius 3 is 2.69 bits per heavy atom. The van der Waals surface area contributed by atoms with E-state index in [9.17, 15) is 13.2 Å². The van der Waals surface area contributed by atoms with Crippen molar-refractivity contribution in [3.05, 3.63) is 29.7 Å². The van der Waals surface area contributed by atoms with Crippen LogP contribution in [-0.4, -0.2) is 37.4 Å². The lowest BCUT2D eigenvalue weighted by Gasteiger charge is -2.12. The topological polar surface area (TPSA) is 74.7 Å². The molecule has 1 aromatic heterocycles. The summed E-state index contributed by atoms with van der Waals surface area (Å²) in [6.07, 6.45) is 1.46. The Balaban J connectivity index is 3.07. The highest BCUT2D eigenvalue weighted by molar-refractivity contribution is 7.91. The Hall–Kier alpha value is -1.18. The fourth-order valence-corrected chi connectivity index (χ4v) is 3.50. The molecule has 1 N–H and O–H groups in total. The predicted octanol–water partition coefficient (Wildman–Crippen LogP) is 1.25. The monoisotopic (exact) mass is 261 g/mol. The van der Waals surface area contributed by atoms with Crippen LogP contribution in [0.1, 0.15) is 9.67 Å². The van der Waals surface area contributed by atoms with E-state index in [0.717, 1.165) is 15.6 Å². The van der Waals surface area contributed by atoms with Crippen LogP contribution in [0.15, 0.2) is 29.0 Å². The van der Waals surface area contributed by atoms with Crippen LogP contribution in [0.2, 0.25) is 0 Å². The molecule has 0 saturated carbocycles. The van der Waals surface area contributed by atoms with E-state index in [0.29, 0.717) is 0 Å². The number of sulfonamides is 1. The third-order valence-corrected chi connectivity index (χ3v) is 5.21. The Bertz CT molecular complexity index is 503. The van der Waals surface area contributed by atoms with Gasteiger partial charge in [0.2, 0.25) is 0 Å². The number of carboxylic acids is 1. The third-order valence-electron chi connectivity index (χ3n) is 1.84. The zero-order valence-electron chi connectivity index (χ0n) is 8.58. The number of hydrogen-bond acceptors (Lipinski definition) is 4. The second-order valence-corrected chi connectivity index (χ2v) is 6.35. The number of nitrogens with zero attached hydrogens (tertiary/aromatic N) is 1. The van der Waals surface area contributed by atoms with Crippen LogP contribution in [0.5, 0.6) is 0 Å². The van der Waals surface area contributed by atoms with Crippen LogP contribution >= 0.6 is 11.3 Å². The maximum absolute atomic E-state index is 11.9. The van der Waals surface area contributed by atoms with Crippen LogP contribution in [-0.2, 0) is 10.0 Å². The van der Waals surface area contributed by atoms with Crippen LogP contribution < -0.4 is 0 Å². The van der Waals surface area contributed by atoms with E-state index in [1.807, 2.05) is 0 Å². The largest absolute Gasteiger partial charge is 0.477 e. The highest BCUT2D eigenvalue weighted by Gasteiger charge is 2.22. The Morgan fingerprint density at radius 1 is 1.62 bits per heavy atom. The van der Waals surface area contributed by atoms with Crippen LogP contribution in [0.25, 0.3) is 0 Å². The third kappa shape index (κ3) is 2.49. The molecule has 0 bridgehead atoms. The summed E-state index contributed by atoms with van der Waals surface area (Å²) >= 11 is 0.739. The molecule has 0 spiro atoms. The number of likely N-dealkylation sites (N-methyl/N-ethyl adjacent to an activating group) is 1. The maximum Gasteiger partial charge on any atom is 0.345 e. The van der Waals surface area contributed by atoms with E-state index in [2.05, 4.69) is 6.58 Å². The minimum atomic E-state index is -3.60. The zero-order valence-corrected chi connectivity index (χ0v) is 10.2. The van der Waals surface area contributed by atoms with Gasteiger partial charge in [-0.3, -0.25) is 0 Å². The first kappa shape index (κ1) is 12.9. The summed E-state index contributed by atoms with van der Waals surface area (Å²) < 4.78 is 24.8. The first-order valence-corrected chi connectivity index (χ1v) is 6.55. The summed E-state index contributed by atoms with van der Waals surface area (Å²) in [4.78, 5) is 10.6. The molecular weight excluding hydrogens is 250 g/mol. The van der Waals surface area contributed by atoms with Gasteiger partial charge in [-0.1, -0.05) is 6.08 Å². The molecule has 0 aromatic carbocycles. The number of rotatable bonds is 5. The Morgan fingerprint density at radius 2 is 2.25 bits per heavy atom. The molecule has 0 fully saturated rings. The van der Waals surface area contributed by atoms with Gasteiger partial charge < -0.3 is 5.11 Å². The van der Waals surface area contributed by atoms with Crippen LogP contribution in [0, 0.1) is 0 Å². The van der Waals surface area contributed by atoms with Gasteiger partial charge in [-0.25, -0.2) is 13.2 Å². The minimum absolute atomic E-state index is 0.00516. The lowest BCUT2D eigenvalue weighted by Crippen LogP contribution is -2.26. The number of thiophene rings is 1. The number of hydrogen-bond donors (Lipinski definition) is 1. The van der Waals surface area contributed by atoms with Gasteiger partial charge in [0.25, 0.3) is 10.0 Å². The van der Waals surface area contributed by atoms with Crippen molar-refractivity contribution in [1.82, 2.24) is 4.31 Å². The molecule has 0 amide bonds. The highest BCUT2D eigenvalue weighted by Crippen LogP contribution is 2.24. The molecule has 0 aliphatic rings. The summed E-state index contributed by atoms with van der Waals surface area (Å²) in [5.41, 5.74) is 0. The molecule has 5 nitrogen and oxygen atoms in total. The van der Waals surface area contributed by atoms with Crippen molar-refractivity contribution in [3.63, 3.8) is 0 Å². The van der Waals surface area contributed by atoms with Gasteiger partial charge in [0.05, 0.1) is 0 Å². The smallest absolute Gasteiger partial charge is 0.345 e. The molecule has 0 aliphatic heterocycles. The van der Waals surface area contributed by atoms with E-state index < -0.39 is 16.0 Å². The Kier molecular flexibility index (Phi) is 3.84. The van der Waals surface area contributed by atoms with Crippen molar-refractivity contribution < 1.29 is 18.3 Å². The van der Waals surface area contributed by atoms with Gasteiger partial charge in [-0.15, -0.1) is 17.9 Å². The summed E-state index contributed by atoms with van der Waals surface area (Å²) in [7, 11) is -2.18. The molecule has 1 aromatic rings. The van der Waals surface area contributed by atoms with Gasteiger partial charge >= 0.3 is 5.97 Å². The van der Waals surface area contributed by atoms with Gasteiger partial charge in [0.1, 0.15) is 9.09 Å². The van der Waals surface area contributed by atoms with Gasteiger partial charge in [-0.2, -0.15) is 4.31 Å². The second kappa shape index (κ2) is 4.77. The summed E-state index contributed by atoms with van der Waals surface area (Å²) in [6.45, 7) is 3.63. The average molecular weight is 261 g/mol. The SMILES string of the molecule is C=CCN(C)S(=O)(=O)c1ccc(C(=O)O)s1. The highest BCUT2D eigenvalue weighted by atomic mass is 32.2. The Labute approximate surface area is 97.7 Å². The van der Waals surface area contributed by atoms with Crippen molar-refractivity contribution in [2.45, 2.75) is 4.21 Å². The molecule has 1 rings (SSSR count). The first-order chi connectivity index (χ1) is 7.39. The predicted molar refractivity (Wildman–Crippen MR) is 61.3 cm³/mol. The lowest BCUT2D eigenvalue weighted by atomic mass is 10.5. The molecule has 0 aliphatic carbocycles. The fraction of sp³-hybridized carbons (Fsp3) is 0.222. The number of aromatic carboxylic acids is 1. The first-order valence-electron chi connectivity index (χ1n) is 4.30. The zero-order chi connectivity index (χ0) is 12.3. The van der Waals surface area contributed by atoms with E-state index in [4.69, 9.17) is 5.11 Å². The molecule has 0 radical (unpaired) electrons. The van der Waals surface area contributed by atoms with Crippen molar-refractivity contribution in [3.8, 4) is 0 Å². The molecule has 0 saturated heterocycles. The van der Waals surface area contributed by atoms with Gasteiger partial charge in [-0.05, 0) is 12.1 Å². The van der Waals surface area contributed by atoms with Crippen LogP contribution in [0.4, 0.5) is 0 Å². The normalized spacial score (nSPS) is 11.6. The summed E-state index contributed by atoms with van der Waals surface area (Å²) in [5.74, 6) is -1.13. The minimum Gasteiger partial charge on any atom is -0.477 e. The number of carboxylic acid groups (broad SMARTS) is 1. The second-order valence-electron chi connectivity index (χ2n) is 3.00. The lowest BCUT2D eigenvalue weighted by molar-refractivity contribution is 0.0702. The molecule has 16 heavy (non-hydrogen) atoms. The summed E-state index contributed by atoms with van der Waals surface area (Å²) in [6, 6.07) is 2.57. The summed E-state index contributed by atoms with van der Waals surface area (Å²) in [5, 5.41) is 8.69. The van der Waals surface area contributed by atoms with Crippen molar-refractivity contribution >= 4 is 27.3 Å². The molecule has 0 unspecified atom stereocenters. The maximum atomic E-state index is 11.9. The molecular formula is C9H11NO4S2. The molecule has 1 heterocycles. The van der Waals surface area contributed by atoms with Crippen molar-refractivity contribution in [2.75, 3.05) is 13.6 Å². The van der Waals surface area contributed by atoms with E-state index in [1.165, 1.54) is 25.3 Å². The number of carbonyl (C=O) groups is 1. The fourth-order valence-electron chi connectivity index (χ4n) is 1.01. The standard InChI is InChI=1S/C9H11NO4S2/c1-3-6-10(2)16(13,14)8-5-4-7(15-8)9(11)12/h3-5H,1,6H2,2H3,(H,11,12). The van der Waals surface area contributed by atoms with Crippen LogP contribution in [0.3, 0.4) is 0 Å². The van der Waals surface area contributed by atoms with Gasteiger partial charge in [0, 0.05) is 13.6 Å². The van der Waals surface area contributed by atoms with E-state index in [-0.39, 0.29) is 15.6 Å². The molecule has 7 heteroatoms. The van der Waals surface area contributed by atoms with Gasteiger partial charge in [0.15, 0.2) is 0 Å². The quantitative estimate of drug-likeness (QED) is 0.809. The average Bonchev–Trinajstić information content (AvgIpc) is 2.67. The van der Waals surface area contributed by atoms with Crippen molar-refractivity contribution in [1.29, 1.82) is 0 Å².